The Balaban J connectivity index is 0.00000300. The van der Waals surface area contributed by atoms with Crippen LogP contribution in [0.15, 0.2) is 22.5 Å². The molecule has 3 N–H and O–H groups in total. The predicted molar refractivity (Wildman–Crippen MR) is 129 cm³/mol. The van der Waals surface area contributed by atoms with Gasteiger partial charge in [-0.15, -0.1) is 35.3 Å². The molecule has 7 nitrogen and oxygen atoms in total. The summed E-state index contributed by atoms with van der Waals surface area (Å²) in [6, 6.07) is 4.89. The highest BCUT2D eigenvalue weighted by atomic mass is 127. The summed E-state index contributed by atoms with van der Waals surface area (Å²) in [5.41, 5.74) is 0. The summed E-state index contributed by atoms with van der Waals surface area (Å²) in [7, 11) is 1.74. The maximum Gasteiger partial charge on any atom is 0.239 e. The van der Waals surface area contributed by atoms with Crippen molar-refractivity contribution >= 4 is 47.2 Å². The van der Waals surface area contributed by atoms with Gasteiger partial charge in [-0.3, -0.25) is 14.7 Å². The zero-order chi connectivity index (χ0) is 19.6. The number of halogens is 1. The van der Waals surface area contributed by atoms with Crippen LogP contribution in [0.25, 0.3) is 0 Å². The molecule has 2 fully saturated rings. The fraction of sp³-hybridized carbons (Fsp3) is 0.700. The van der Waals surface area contributed by atoms with Crippen molar-refractivity contribution in [3.8, 4) is 0 Å². The molecule has 3 rings (SSSR count). The maximum atomic E-state index is 12.2. The summed E-state index contributed by atoms with van der Waals surface area (Å²) in [5.74, 6) is 0.700. The quantitative estimate of drug-likeness (QED) is 0.284. The van der Waals surface area contributed by atoms with Crippen molar-refractivity contribution in [1.29, 1.82) is 0 Å². The minimum atomic E-state index is 0. The van der Waals surface area contributed by atoms with Crippen molar-refractivity contribution in [3.63, 3.8) is 0 Å². The lowest BCUT2D eigenvalue weighted by atomic mass is 9.95. The van der Waals surface area contributed by atoms with E-state index in [1.807, 2.05) is 0 Å². The molecule has 1 aromatic rings. The Morgan fingerprint density at radius 3 is 2.69 bits per heavy atom. The van der Waals surface area contributed by atoms with Crippen molar-refractivity contribution < 1.29 is 9.53 Å². The number of carbonyl (C=O) groups excluding carboxylic acids is 1. The number of hydrogen-bond donors (Lipinski definition) is 3. The number of morpholine rings is 1. The van der Waals surface area contributed by atoms with Gasteiger partial charge in [0, 0.05) is 37.6 Å². The molecule has 1 aromatic heterocycles. The molecule has 0 radical (unpaired) electrons. The number of nitrogens with one attached hydrogen (secondary N) is 3. The van der Waals surface area contributed by atoms with Gasteiger partial charge in [-0.05, 0) is 24.3 Å². The number of thiophene rings is 1. The molecule has 1 saturated carbocycles. The molecule has 164 valence electrons. The molecule has 1 amide bonds. The second-order valence-corrected chi connectivity index (χ2v) is 8.37. The fourth-order valence-electron chi connectivity index (χ4n) is 3.88. The smallest absolute Gasteiger partial charge is 0.239 e. The molecule has 2 aliphatic rings. The second-order valence-electron chi connectivity index (χ2n) is 7.39. The highest BCUT2D eigenvalue weighted by Crippen LogP contribution is 2.25. The number of ether oxygens (including phenoxy) is 1. The molecule has 1 atom stereocenters. The van der Waals surface area contributed by atoms with E-state index in [2.05, 4.69) is 43.4 Å². The minimum absolute atomic E-state index is 0. The van der Waals surface area contributed by atoms with Gasteiger partial charge >= 0.3 is 0 Å². The molecule has 1 saturated heterocycles. The first-order chi connectivity index (χ1) is 13.8. The van der Waals surface area contributed by atoms with Gasteiger partial charge in [-0.25, -0.2) is 0 Å². The van der Waals surface area contributed by atoms with E-state index in [4.69, 9.17) is 4.74 Å². The van der Waals surface area contributed by atoms with Crippen molar-refractivity contribution in [3.05, 3.63) is 22.4 Å². The van der Waals surface area contributed by atoms with Crippen LogP contribution in [0.2, 0.25) is 0 Å². The second kappa shape index (κ2) is 13.4. The number of carbonyl (C=O) groups is 1. The minimum Gasteiger partial charge on any atom is -0.379 e. The van der Waals surface area contributed by atoms with Crippen molar-refractivity contribution in [1.82, 2.24) is 20.9 Å². The van der Waals surface area contributed by atoms with Crippen LogP contribution in [0.5, 0.6) is 0 Å². The van der Waals surface area contributed by atoms with Gasteiger partial charge in [0.25, 0.3) is 0 Å². The van der Waals surface area contributed by atoms with Crippen molar-refractivity contribution in [2.75, 3.05) is 46.4 Å². The summed E-state index contributed by atoms with van der Waals surface area (Å²) in [5, 5.41) is 11.8. The van der Waals surface area contributed by atoms with E-state index in [0.29, 0.717) is 12.0 Å². The summed E-state index contributed by atoms with van der Waals surface area (Å²) < 4.78 is 5.50. The average Bonchev–Trinajstić information content (AvgIpc) is 3.26. The van der Waals surface area contributed by atoms with Crippen LogP contribution >= 0.6 is 35.3 Å². The third-order valence-corrected chi connectivity index (χ3v) is 6.40. The first-order valence-corrected chi connectivity index (χ1v) is 11.2. The Labute approximate surface area is 195 Å². The Kier molecular flexibility index (Phi) is 11.3. The molecular formula is C20H34IN5O2S. The molecule has 9 heteroatoms. The van der Waals surface area contributed by atoms with E-state index in [1.54, 1.807) is 18.4 Å². The van der Waals surface area contributed by atoms with Gasteiger partial charge < -0.3 is 20.7 Å². The van der Waals surface area contributed by atoms with E-state index in [9.17, 15) is 4.79 Å². The molecule has 2 heterocycles. The van der Waals surface area contributed by atoms with Crippen LogP contribution in [0, 0.1) is 0 Å². The Morgan fingerprint density at radius 2 is 2.03 bits per heavy atom. The van der Waals surface area contributed by atoms with Crippen molar-refractivity contribution in [2.45, 2.75) is 44.2 Å². The number of rotatable bonds is 7. The lowest BCUT2D eigenvalue weighted by molar-refractivity contribution is -0.120. The topological polar surface area (TPSA) is 78.0 Å². The highest BCUT2D eigenvalue weighted by molar-refractivity contribution is 14.0. The standard InChI is InChI=1S/C20H33N5O2S.HI/c1-21-20(23-15-19(26)24-16-6-3-2-4-7-16)22-14-17(18-8-5-13-28-18)25-9-11-27-12-10-25;/h5,8,13,16-17H,2-4,6-7,9-12,14-15H2,1H3,(H,24,26)(H2,21,22,23);1H. The third kappa shape index (κ3) is 8.03. The van der Waals surface area contributed by atoms with Gasteiger partial charge in [0.2, 0.25) is 5.91 Å². The number of guanidine groups is 1. The van der Waals surface area contributed by atoms with Gasteiger partial charge in [0.1, 0.15) is 0 Å². The first kappa shape index (κ1) is 24.4. The van der Waals surface area contributed by atoms with E-state index in [0.717, 1.165) is 45.7 Å². The molecule has 29 heavy (non-hydrogen) atoms. The number of aliphatic imine (C=N–C) groups is 1. The average molecular weight is 535 g/mol. The van der Waals surface area contributed by atoms with E-state index >= 15 is 0 Å². The summed E-state index contributed by atoms with van der Waals surface area (Å²) in [4.78, 5) is 20.3. The van der Waals surface area contributed by atoms with E-state index in [1.165, 1.54) is 24.1 Å². The molecule has 1 aliphatic heterocycles. The van der Waals surface area contributed by atoms with Gasteiger partial charge in [-0.2, -0.15) is 0 Å². The van der Waals surface area contributed by atoms with E-state index < -0.39 is 0 Å². The Bertz CT molecular complexity index is 616. The molecule has 0 bridgehead atoms. The molecule has 1 aliphatic carbocycles. The Hall–Kier alpha value is -0.910. The van der Waals surface area contributed by atoms with Crippen LogP contribution < -0.4 is 16.0 Å². The maximum absolute atomic E-state index is 12.2. The van der Waals surface area contributed by atoms with Crippen LogP contribution in [0.3, 0.4) is 0 Å². The van der Waals surface area contributed by atoms with Crippen LogP contribution in [-0.4, -0.2) is 69.2 Å². The number of hydrogen-bond acceptors (Lipinski definition) is 5. The monoisotopic (exact) mass is 535 g/mol. The van der Waals surface area contributed by atoms with Crippen LogP contribution in [0.4, 0.5) is 0 Å². The molecule has 1 unspecified atom stereocenters. The third-order valence-electron chi connectivity index (χ3n) is 5.43. The highest BCUT2D eigenvalue weighted by Gasteiger charge is 2.23. The van der Waals surface area contributed by atoms with Gasteiger partial charge in [-0.1, -0.05) is 25.3 Å². The van der Waals surface area contributed by atoms with Crippen LogP contribution in [-0.2, 0) is 9.53 Å². The molecule has 0 aromatic carbocycles. The normalized spacial score (nSPS) is 19.8. The van der Waals surface area contributed by atoms with E-state index in [-0.39, 0.29) is 42.5 Å². The zero-order valence-electron chi connectivity index (χ0n) is 17.2. The number of nitrogens with zero attached hydrogens (tertiary/aromatic N) is 2. The van der Waals surface area contributed by atoms with Gasteiger partial charge in [0.15, 0.2) is 5.96 Å². The number of amides is 1. The SMILES string of the molecule is CN=C(NCC(=O)NC1CCCCC1)NCC(c1cccs1)N1CCOCC1.I. The largest absolute Gasteiger partial charge is 0.379 e. The molecular weight excluding hydrogens is 501 g/mol. The first-order valence-electron chi connectivity index (χ1n) is 10.4. The Morgan fingerprint density at radius 1 is 1.28 bits per heavy atom. The summed E-state index contributed by atoms with van der Waals surface area (Å²) in [6.07, 6.45) is 5.91. The lowest BCUT2D eigenvalue weighted by Crippen LogP contribution is -2.48. The van der Waals surface area contributed by atoms with Gasteiger partial charge in [0.05, 0.1) is 25.8 Å². The summed E-state index contributed by atoms with van der Waals surface area (Å²) in [6.45, 7) is 4.40. The van der Waals surface area contributed by atoms with Crippen LogP contribution in [0.1, 0.15) is 43.0 Å². The fourth-order valence-corrected chi connectivity index (χ4v) is 4.74. The summed E-state index contributed by atoms with van der Waals surface area (Å²) >= 11 is 1.77. The molecule has 0 spiro atoms. The zero-order valence-corrected chi connectivity index (χ0v) is 20.3. The van der Waals surface area contributed by atoms with Crippen molar-refractivity contribution in [2.24, 2.45) is 4.99 Å². The predicted octanol–water partition coefficient (Wildman–Crippen LogP) is 2.35. The lowest BCUT2D eigenvalue weighted by Gasteiger charge is -2.34.